The zero-order valence-electron chi connectivity index (χ0n) is 12.4. The molecule has 0 spiro atoms. The van der Waals surface area contributed by atoms with E-state index >= 15 is 0 Å². The Morgan fingerprint density at radius 2 is 2.38 bits per heavy atom. The van der Waals surface area contributed by atoms with Gasteiger partial charge in [0.2, 0.25) is 0 Å². The minimum atomic E-state index is -0.638. The molecule has 114 valence electrons. The Morgan fingerprint density at radius 1 is 1.52 bits per heavy atom. The number of para-hydroxylation sites is 1. The van der Waals surface area contributed by atoms with Crippen LogP contribution < -0.4 is 15.4 Å². The number of carbonyl (C=O) groups is 1. The predicted octanol–water partition coefficient (Wildman–Crippen LogP) is 0.732. The van der Waals surface area contributed by atoms with Crippen molar-refractivity contribution in [2.75, 3.05) is 33.4 Å². The summed E-state index contributed by atoms with van der Waals surface area (Å²) in [7, 11) is 1.66. The van der Waals surface area contributed by atoms with Gasteiger partial charge in [0.05, 0.1) is 7.11 Å². The topological polar surface area (TPSA) is 59.6 Å². The Labute approximate surface area is 125 Å². The highest BCUT2D eigenvalue weighted by Crippen LogP contribution is 2.35. The smallest absolute Gasteiger partial charge is 0.253 e. The maximum atomic E-state index is 12.5. The minimum absolute atomic E-state index is 0.0184. The fraction of sp³-hybridized carbons (Fsp3) is 0.562. The number of rotatable bonds is 5. The summed E-state index contributed by atoms with van der Waals surface area (Å²) in [5, 5.41) is 6.29. The summed E-state index contributed by atoms with van der Waals surface area (Å²) in [6.07, 6.45) is 1.72. The molecule has 0 bridgehead atoms. The highest BCUT2D eigenvalue weighted by atomic mass is 16.5. The first-order chi connectivity index (χ1) is 10.3. The molecule has 2 N–H and O–H groups in total. The van der Waals surface area contributed by atoms with Gasteiger partial charge in [-0.15, -0.1) is 0 Å². The van der Waals surface area contributed by atoms with E-state index in [0.717, 1.165) is 30.7 Å². The van der Waals surface area contributed by atoms with Crippen LogP contribution in [0.1, 0.15) is 12.0 Å². The van der Waals surface area contributed by atoms with Crippen molar-refractivity contribution in [3.05, 3.63) is 29.8 Å². The molecule has 0 aromatic heterocycles. The number of nitrogens with one attached hydrogen (secondary N) is 2. The molecule has 2 aliphatic heterocycles. The van der Waals surface area contributed by atoms with Crippen molar-refractivity contribution in [1.29, 1.82) is 0 Å². The van der Waals surface area contributed by atoms with E-state index in [1.807, 2.05) is 24.3 Å². The maximum absolute atomic E-state index is 12.5. The minimum Gasteiger partial charge on any atom is -0.496 e. The second-order valence-corrected chi connectivity index (χ2v) is 5.67. The first-order valence-corrected chi connectivity index (χ1v) is 7.51. The van der Waals surface area contributed by atoms with E-state index in [4.69, 9.17) is 9.47 Å². The Kier molecular flexibility index (Phi) is 4.12. The van der Waals surface area contributed by atoms with Crippen LogP contribution in [-0.2, 0) is 16.0 Å². The van der Waals surface area contributed by atoms with Crippen molar-refractivity contribution in [2.45, 2.75) is 18.4 Å². The average Bonchev–Trinajstić information content (AvgIpc) is 3.08. The van der Waals surface area contributed by atoms with Crippen molar-refractivity contribution < 1.29 is 14.3 Å². The molecule has 5 heteroatoms. The van der Waals surface area contributed by atoms with Gasteiger partial charge >= 0.3 is 0 Å². The lowest BCUT2D eigenvalue weighted by Crippen LogP contribution is -2.51. The number of fused-ring (bicyclic) bond motifs is 1. The molecule has 1 aromatic carbocycles. The first-order valence-electron chi connectivity index (χ1n) is 7.51. The first kappa shape index (κ1) is 14.4. The van der Waals surface area contributed by atoms with Gasteiger partial charge in [0, 0.05) is 32.2 Å². The molecule has 2 atom stereocenters. The van der Waals surface area contributed by atoms with Gasteiger partial charge in [-0.25, -0.2) is 0 Å². The van der Waals surface area contributed by atoms with Gasteiger partial charge in [-0.2, -0.15) is 0 Å². The molecule has 1 amide bonds. The number of amides is 1. The van der Waals surface area contributed by atoms with Gasteiger partial charge in [0.1, 0.15) is 5.75 Å². The molecule has 2 saturated heterocycles. The lowest BCUT2D eigenvalue weighted by molar-refractivity contribution is -0.141. The van der Waals surface area contributed by atoms with E-state index < -0.39 is 5.60 Å². The molecule has 2 heterocycles. The summed E-state index contributed by atoms with van der Waals surface area (Å²) in [5.41, 5.74) is 0.465. The second-order valence-electron chi connectivity index (χ2n) is 5.67. The summed E-state index contributed by atoms with van der Waals surface area (Å²) in [4.78, 5) is 12.5. The summed E-state index contributed by atoms with van der Waals surface area (Å²) in [6, 6.07) is 7.89. The van der Waals surface area contributed by atoms with Crippen LogP contribution in [0.25, 0.3) is 0 Å². The molecule has 0 radical (unpaired) electrons. The Bertz CT molecular complexity index is 508. The molecule has 3 rings (SSSR count). The van der Waals surface area contributed by atoms with Crippen LogP contribution in [0.2, 0.25) is 0 Å². The standard InChI is InChI=1S/C16H22N2O3/c1-20-14-5-3-2-4-12(14)6-8-18-15(19)16-11-17-10-13(16)7-9-21-16/h2-5,13,17H,6-11H2,1H3,(H,18,19)/t13-,16+/m1/s1. The Balaban J connectivity index is 1.57. The molecule has 2 aliphatic rings. The zero-order chi connectivity index (χ0) is 14.7. The molecule has 0 unspecified atom stereocenters. The molecular weight excluding hydrogens is 268 g/mol. The normalized spacial score (nSPS) is 27.4. The molecule has 21 heavy (non-hydrogen) atoms. The van der Waals surface area contributed by atoms with Gasteiger partial charge in [-0.1, -0.05) is 18.2 Å². The maximum Gasteiger partial charge on any atom is 0.253 e. The van der Waals surface area contributed by atoms with Crippen LogP contribution in [0, 0.1) is 5.92 Å². The van der Waals surface area contributed by atoms with E-state index in [1.165, 1.54) is 0 Å². The summed E-state index contributed by atoms with van der Waals surface area (Å²) in [6.45, 7) is 2.78. The van der Waals surface area contributed by atoms with Gasteiger partial charge < -0.3 is 20.1 Å². The molecular formula is C16H22N2O3. The predicted molar refractivity (Wildman–Crippen MR) is 79.4 cm³/mol. The fourth-order valence-corrected chi connectivity index (χ4v) is 3.33. The lowest BCUT2D eigenvalue weighted by Gasteiger charge is -2.26. The third kappa shape index (κ3) is 2.63. The number of benzene rings is 1. The largest absolute Gasteiger partial charge is 0.496 e. The summed E-state index contributed by atoms with van der Waals surface area (Å²) >= 11 is 0. The van der Waals surface area contributed by atoms with Gasteiger partial charge in [0.15, 0.2) is 5.60 Å². The van der Waals surface area contributed by atoms with Gasteiger partial charge in [-0.05, 0) is 24.5 Å². The molecule has 0 aliphatic carbocycles. The number of hydrogen-bond donors (Lipinski definition) is 2. The number of ether oxygens (including phenoxy) is 2. The number of methoxy groups -OCH3 is 1. The van der Waals surface area contributed by atoms with Crippen LogP contribution in [0.4, 0.5) is 0 Å². The van der Waals surface area contributed by atoms with Crippen LogP contribution in [0.15, 0.2) is 24.3 Å². The van der Waals surface area contributed by atoms with E-state index in [-0.39, 0.29) is 5.91 Å². The highest BCUT2D eigenvalue weighted by molar-refractivity contribution is 5.86. The van der Waals surface area contributed by atoms with Crippen molar-refractivity contribution in [3.8, 4) is 5.75 Å². The van der Waals surface area contributed by atoms with Crippen LogP contribution in [0.5, 0.6) is 5.75 Å². The monoisotopic (exact) mass is 290 g/mol. The lowest BCUT2D eigenvalue weighted by atomic mass is 9.90. The van der Waals surface area contributed by atoms with Crippen molar-refractivity contribution in [1.82, 2.24) is 10.6 Å². The van der Waals surface area contributed by atoms with E-state index in [9.17, 15) is 4.79 Å². The number of hydrogen-bond acceptors (Lipinski definition) is 4. The molecule has 2 fully saturated rings. The van der Waals surface area contributed by atoms with Crippen molar-refractivity contribution >= 4 is 5.91 Å². The second kappa shape index (κ2) is 6.03. The zero-order valence-corrected chi connectivity index (χ0v) is 12.4. The summed E-state index contributed by atoms with van der Waals surface area (Å²) in [5.74, 6) is 1.19. The molecule has 1 aromatic rings. The quantitative estimate of drug-likeness (QED) is 0.839. The highest BCUT2D eigenvalue weighted by Gasteiger charge is 2.53. The fourth-order valence-electron chi connectivity index (χ4n) is 3.33. The van der Waals surface area contributed by atoms with Crippen LogP contribution in [0.3, 0.4) is 0 Å². The Hall–Kier alpha value is -1.59. The van der Waals surface area contributed by atoms with Gasteiger partial charge in [-0.3, -0.25) is 4.79 Å². The van der Waals surface area contributed by atoms with E-state index in [2.05, 4.69) is 10.6 Å². The van der Waals surface area contributed by atoms with Crippen molar-refractivity contribution in [3.63, 3.8) is 0 Å². The van der Waals surface area contributed by atoms with E-state index in [1.54, 1.807) is 7.11 Å². The van der Waals surface area contributed by atoms with Crippen molar-refractivity contribution in [2.24, 2.45) is 5.92 Å². The molecule has 5 nitrogen and oxygen atoms in total. The number of carbonyl (C=O) groups excluding carboxylic acids is 1. The summed E-state index contributed by atoms with van der Waals surface area (Å²) < 4.78 is 11.1. The van der Waals surface area contributed by atoms with Gasteiger partial charge in [0.25, 0.3) is 5.91 Å². The molecule has 0 saturated carbocycles. The Morgan fingerprint density at radius 3 is 3.24 bits per heavy atom. The average molecular weight is 290 g/mol. The third-order valence-electron chi connectivity index (χ3n) is 4.52. The van der Waals surface area contributed by atoms with Crippen LogP contribution >= 0.6 is 0 Å². The van der Waals surface area contributed by atoms with E-state index in [0.29, 0.717) is 25.6 Å². The van der Waals surface area contributed by atoms with Crippen LogP contribution in [-0.4, -0.2) is 44.9 Å². The SMILES string of the molecule is COc1ccccc1CCNC(=O)[C@]12CNC[C@H]1CCO2. The third-order valence-corrected chi connectivity index (χ3v) is 4.52.